The number of nitrogens with two attached hydrogens (primary N) is 1. The molecule has 1 unspecified atom stereocenters. The zero-order valence-corrected chi connectivity index (χ0v) is 12.1. The molecule has 2 atom stereocenters. The molecule has 0 saturated heterocycles. The van der Waals surface area contributed by atoms with E-state index in [0.29, 0.717) is 22.7 Å². The molecule has 0 aromatic heterocycles. The van der Waals surface area contributed by atoms with Crippen LogP contribution in [0.4, 0.5) is 0 Å². The van der Waals surface area contributed by atoms with Gasteiger partial charge in [0.15, 0.2) is 11.5 Å². The van der Waals surface area contributed by atoms with Gasteiger partial charge >= 0.3 is 0 Å². The van der Waals surface area contributed by atoms with Gasteiger partial charge in [-0.25, -0.2) is 0 Å². The van der Waals surface area contributed by atoms with E-state index in [1.165, 1.54) is 0 Å². The Balaban J connectivity index is 3.09. The molecule has 4 heteroatoms. The third-order valence-electron chi connectivity index (χ3n) is 2.99. The highest BCUT2D eigenvalue weighted by molar-refractivity contribution is 9.10. The molecule has 3 nitrogen and oxygen atoms in total. The molecule has 0 radical (unpaired) electrons. The molecule has 0 aliphatic carbocycles. The van der Waals surface area contributed by atoms with Gasteiger partial charge in [-0.2, -0.15) is 0 Å². The van der Waals surface area contributed by atoms with Gasteiger partial charge in [-0.15, -0.1) is 0 Å². The third kappa shape index (κ3) is 3.36. The molecule has 0 aliphatic heterocycles. The van der Waals surface area contributed by atoms with E-state index in [1.807, 2.05) is 19.1 Å². The highest BCUT2D eigenvalue weighted by Gasteiger charge is 2.17. The van der Waals surface area contributed by atoms with E-state index in [1.54, 1.807) is 0 Å². The first kappa shape index (κ1) is 14.3. The Kier molecular flexibility index (Phi) is 5.28. The predicted molar refractivity (Wildman–Crippen MR) is 73.4 cm³/mol. The van der Waals surface area contributed by atoms with E-state index in [4.69, 9.17) is 10.5 Å². The Morgan fingerprint density at radius 2 is 2.06 bits per heavy atom. The smallest absolute Gasteiger partial charge is 0.172 e. The summed E-state index contributed by atoms with van der Waals surface area (Å²) in [5.74, 6) is 1.00. The Hall–Kier alpha value is -0.740. The molecule has 1 rings (SSSR count). The molecule has 0 saturated carbocycles. The van der Waals surface area contributed by atoms with Gasteiger partial charge < -0.3 is 15.6 Å². The van der Waals surface area contributed by atoms with E-state index in [-0.39, 0.29) is 11.8 Å². The van der Waals surface area contributed by atoms with Gasteiger partial charge in [0.05, 0.1) is 11.1 Å². The normalized spacial score (nSPS) is 14.4. The van der Waals surface area contributed by atoms with Crippen LogP contribution in [0.15, 0.2) is 16.6 Å². The van der Waals surface area contributed by atoms with Gasteiger partial charge in [-0.1, -0.05) is 20.3 Å². The molecule has 0 heterocycles. The number of hydrogen-bond donors (Lipinski definition) is 2. The molecule has 96 valence electrons. The number of rotatable bonds is 5. The van der Waals surface area contributed by atoms with Crippen molar-refractivity contribution >= 4 is 15.9 Å². The molecule has 1 aromatic rings. The number of aromatic hydroxyl groups is 1. The number of ether oxygens (including phenoxy) is 1. The fraction of sp³-hybridized carbons (Fsp3) is 0.538. The Morgan fingerprint density at radius 1 is 1.41 bits per heavy atom. The molecule has 0 bridgehead atoms. The van der Waals surface area contributed by atoms with Crippen molar-refractivity contribution in [3.05, 3.63) is 22.2 Å². The predicted octanol–water partition coefficient (Wildman–Crippen LogP) is 3.60. The third-order valence-corrected chi connectivity index (χ3v) is 3.60. The summed E-state index contributed by atoms with van der Waals surface area (Å²) in [7, 11) is 0. The fourth-order valence-electron chi connectivity index (χ4n) is 1.63. The molecule has 1 aromatic carbocycles. The highest BCUT2D eigenvalue weighted by atomic mass is 79.9. The van der Waals surface area contributed by atoms with Crippen molar-refractivity contribution < 1.29 is 9.84 Å². The van der Waals surface area contributed by atoms with Crippen molar-refractivity contribution in [2.24, 2.45) is 11.7 Å². The Bertz CT molecular complexity index is 382. The van der Waals surface area contributed by atoms with E-state index in [9.17, 15) is 5.11 Å². The van der Waals surface area contributed by atoms with Crippen LogP contribution in [0.1, 0.15) is 38.8 Å². The number of halogens is 1. The summed E-state index contributed by atoms with van der Waals surface area (Å²) in [5.41, 5.74) is 7.15. The van der Waals surface area contributed by atoms with E-state index in [2.05, 4.69) is 29.8 Å². The van der Waals surface area contributed by atoms with Crippen LogP contribution in [0.5, 0.6) is 11.5 Å². The lowest BCUT2D eigenvalue weighted by molar-refractivity contribution is 0.316. The van der Waals surface area contributed by atoms with Gasteiger partial charge in [-0.05, 0) is 46.5 Å². The highest BCUT2D eigenvalue weighted by Crippen LogP contribution is 2.38. The van der Waals surface area contributed by atoms with Crippen molar-refractivity contribution in [2.75, 3.05) is 6.61 Å². The first-order valence-corrected chi connectivity index (χ1v) is 6.71. The van der Waals surface area contributed by atoms with Crippen LogP contribution in [0, 0.1) is 5.92 Å². The molecular weight excluding hydrogens is 282 g/mol. The number of phenolic OH excluding ortho intramolecular Hbond substituents is 1. The zero-order valence-electron chi connectivity index (χ0n) is 10.5. The lowest BCUT2D eigenvalue weighted by atomic mass is 9.93. The largest absolute Gasteiger partial charge is 0.503 e. The van der Waals surface area contributed by atoms with E-state index >= 15 is 0 Å². The summed E-state index contributed by atoms with van der Waals surface area (Å²) in [6.07, 6.45) is 1.02. The van der Waals surface area contributed by atoms with Gasteiger partial charge in [-0.3, -0.25) is 0 Å². The standard InChI is InChI=1S/C13H20BrNO2/c1-4-8(3)12(15)9-6-10(14)13(16)11(7-9)17-5-2/h6-8,12,16H,4-5,15H2,1-3H3/t8?,12-/m0/s1. The second-order valence-electron chi connectivity index (χ2n) is 4.19. The van der Waals surface area contributed by atoms with Crippen molar-refractivity contribution in [2.45, 2.75) is 33.2 Å². The van der Waals surface area contributed by atoms with Gasteiger partial charge in [0.1, 0.15) is 0 Å². The summed E-state index contributed by atoms with van der Waals surface area (Å²) < 4.78 is 6.01. The average Bonchev–Trinajstić information content (AvgIpc) is 2.33. The molecule has 0 amide bonds. The molecule has 3 N–H and O–H groups in total. The summed E-state index contributed by atoms with van der Waals surface area (Å²) >= 11 is 3.32. The summed E-state index contributed by atoms with van der Waals surface area (Å²) in [5, 5.41) is 9.82. The summed E-state index contributed by atoms with van der Waals surface area (Å²) in [4.78, 5) is 0. The van der Waals surface area contributed by atoms with Crippen LogP contribution < -0.4 is 10.5 Å². The molecule has 0 fully saturated rings. The topological polar surface area (TPSA) is 55.5 Å². The van der Waals surface area contributed by atoms with Crippen LogP contribution in [0.3, 0.4) is 0 Å². The number of benzene rings is 1. The van der Waals surface area contributed by atoms with Gasteiger partial charge in [0, 0.05) is 6.04 Å². The second kappa shape index (κ2) is 6.26. The summed E-state index contributed by atoms with van der Waals surface area (Å²) in [6.45, 7) is 6.63. The van der Waals surface area contributed by atoms with Crippen molar-refractivity contribution in [1.29, 1.82) is 0 Å². The lowest BCUT2D eigenvalue weighted by Gasteiger charge is -2.20. The minimum Gasteiger partial charge on any atom is -0.503 e. The Labute approximate surface area is 111 Å². The van der Waals surface area contributed by atoms with Crippen LogP contribution in [0.2, 0.25) is 0 Å². The van der Waals surface area contributed by atoms with Crippen LogP contribution >= 0.6 is 15.9 Å². The quantitative estimate of drug-likeness (QED) is 0.873. The maximum absolute atomic E-state index is 9.82. The van der Waals surface area contributed by atoms with Crippen molar-refractivity contribution in [1.82, 2.24) is 0 Å². The lowest BCUT2D eigenvalue weighted by Crippen LogP contribution is -2.18. The molecular formula is C13H20BrNO2. The SMILES string of the molecule is CCOc1cc([C@@H](N)C(C)CC)cc(Br)c1O. The monoisotopic (exact) mass is 301 g/mol. The number of phenols is 1. The van der Waals surface area contributed by atoms with Crippen molar-refractivity contribution in [3.8, 4) is 11.5 Å². The molecule has 0 spiro atoms. The minimum atomic E-state index is -0.0453. The first-order valence-electron chi connectivity index (χ1n) is 5.92. The van der Waals surface area contributed by atoms with Crippen LogP contribution in [0.25, 0.3) is 0 Å². The molecule has 17 heavy (non-hydrogen) atoms. The van der Waals surface area contributed by atoms with Crippen LogP contribution in [-0.2, 0) is 0 Å². The number of hydrogen-bond acceptors (Lipinski definition) is 3. The zero-order chi connectivity index (χ0) is 13.0. The molecule has 0 aliphatic rings. The van der Waals surface area contributed by atoms with Gasteiger partial charge in [0.2, 0.25) is 0 Å². The average molecular weight is 302 g/mol. The second-order valence-corrected chi connectivity index (χ2v) is 5.05. The Morgan fingerprint density at radius 3 is 2.59 bits per heavy atom. The maximum atomic E-state index is 9.82. The maximum Gasteiger partial charge on any atom is 0.172 e. The van der Waals surface area contributed by atoms with Crippen molar-refractivity contribution in [3.63, 3.8) is 0 Å². The summed E-state index contributed by atoms with van der Waals surface area (Å²) in [6, 6.07) is 3.63. The fourth-order valence-corrected chi connectivity index (χ4v) is 2.09. The van der Waals surface area contributed by atoms with E-state index in [0.717, 1.165) is 12.0 Å². The van der Waals surface area contributed by atoms with E-state index < -0.39 is 0 Å². The minimum absolute atomic E-state index is 0.0453. The first-order chi connectivity index (χ1) is 8.01. The van der Waals surface area contributed by atoms with Crippen LogP contribution in [-0.4, -0.2) is 11.7 Å². The van der Waals surface area contributed by atoms with Gasteiger partial charge in [0.25, 0.3) is 0 Å².